The number of aliphatic hydroxyl groups excluding tert-OH is 1. The normalized spacial score (nSPS) is 12.4. The van der Waals surface area contributed by atoms with Crippen LogP contribution in [0.3, 0.4) is 0 Å². The van der Waals surface area contributed by atoms with Crippen LogP contribution in [0.2, 0.25) is 0 Å². The van der Waals surface area contributed by atoms with Crippen LogP contribution >= 0.6 is 0 Å². The molecule has 0 aliphatic rings. The van der Waals surface area contributed by atoms with Crippen LogP contribution < -0.4 is 5.73 Å². The average molecular weight is 266 g/mol. The van der Waals surface area contributed by atoms with E-state index in [2.05, 4.69) is 28.9 Å². The van der Waals surface area contributed by atoms with E-state index in [1.807, 2.05) is 12.1 Å². The molecule has 1 rings (SSSR count). The molecule has 0 bridgehead atoms. The molecular weight excluding hydrogens is 244 g/mol. The van der Waals surface area contributed by atoms with Gasteiger partial charge in [-0.05, 0) is 38.0 Å². The second-order valence-corrected chi connectivity index (χ2v) is 4.68. The Balaban J connectivity index is 2.79. The Labute approximate surface area is 113 Å². The van der Waals surface area contributed by atoms with E-state index >= 15 is 0 Å². The first-order chi connectivity index (χ1) is 9.08. The largest absolute Gasteiger partial charge is 0.409 e. The number of pyridine rings is 1. The fraction of sp³-hybridized carbons (Fsp3) is 0.538. The highest BCUT2D eigenvalue weighted by Gasteiger charge is 2.11. The average Bonchev–Trinajstić information content (AvgIpc) is 2.42. The topological polar surface area (TPSA) is 95.0 Å². The minimum atomic E-state index is 0.00769. The van der Waals surface area contributed by atoms with Gasteiger partial charge in [0.1, 0.15) is 5.69 Å². The minimum Gasteiger partial charge on any atom is -0.409 e. The molecule has 0 atom stereocenters. The van der Waals surface area contributed by atoms with Crippen molar-refractivity contribution in [2.24, 2.45) is 10.9 Å². The van der Waals surface area contributed by atoms with Crippen molar-refractivity contribution in [3.05, 3.63) is 29.6 Å². The summed E-state index contributed by atoms with van der Waals surface area (Å²) in [6.45, 7) is 5.99. The van der Waals surface area contributed by atoms with Crippen molar-refractivity contribution in [2.45, 2.75) is 32.9 Å². The third-order valence-electron chi connectivity index (χ3n) is 2.91. The molecule has 0 spiro atoms. The van der Waals surface area contributed by atoms with E-state index in [0.717, 1.165) is 25.1 Å². The van der Waals surface area contributed by atoms with Gasteiger partial charge >= 0.3 is 0 Å². The van der Waals surface area contributed by atoms with E-state index in [4.69, 9.17) is 16.0 Å². The Morgan fingerprint density at radius 1 is 1.53 bits per heavy atom. The highest BCUT2D eigenvalue weighted by atomic mass is 16.4. The van der Waals surface area contributed by atoms with Crippen molar-refractivity contribution in [2.75, 3.05) is 13.2 Å². The number of aromatic nitrogens is 1. The molecule has 6 heteroatoms. The van der Waals surface area contributed by atoms with Gasteiger partial charge in [0.2, 0.25) is 0 Å². The summed E-state index contributed by atoms with van der Waals surface area (Å²) in [7, 11) is 0. The molecule has 1 aromatic heterocycles. The number of rotatable bonds is 7. The molecule has 0 aliphatic carbocycles. The molecule has 0 aliphatic heterocycles. The molecule has 6 nitrogen and oxygen atoms in total. The summed E-state index contributed by atoms with van der Waals surface area (Å²) in [4.78, 5) is 6.30. The number of hydrogen-bond donors (Lipinski definition) is 3. The van der Waals surface area contributed by atoms with Crippen LogP contribution in [0.4, 0.5) is 0 Å². The summed E-state index contributed by atoms with van der Waals surface area (Å²) in [5, 5.41) is 20.5. The van der Waals surface area contributed by atoms with Gasteiger partial charge in [-0.15, -0.1) is 0 Å². The third kappa shape index (κ3) is 4.84. The Bertz CT molecular complexity index is 421. The van der Waals surface area contributed by atoms with Crippen LogP contribution in [0.5, 0.6) is 0 Å². The van der Waals surface area contributed by atoms with Crippen molar-refractivity contribution in [1.29, 1.82) is 0 Å². The molecule has 0 saturated heterocycles. The Kier molecular flexibility index (Phi) is 6.24. The van der Waals surface area contributed by atoms with Gasteiger partial charge in [-0.1, -0.05) is 5.16 Å². The molecule has 0 amide bonds. The number of aliphatic hydroxyl groups is 1. The lowest BCUT2D eigenvalue weighted by Gasteiger charge is -2.26. The standard InChI is InChI=1S/C13H22N4O2/c1-10(2)17(6-3-7-18)9-11-4-5-15-12(8-11)13(14)16-19/h4-5,8,10,18-19H,3,6-7,9H2,1-2H3,(H2,14,16). The maximum Gasteiger partial charge on any atom is 0.188 e. The summed E-state index contributed by atoms with van der Waals surface area (Å²) >= 11 is 0. The van der Waals surface area contributed by atoms with E-state index in [1.165, 1.54) is 0 Å². The van der Waals surface area contributed by atoms with Crippen molar-refractivity contribution in [3.8, 4) is 0 Å². The summed E-state index contributed by atoms with van der Waals surface area (Å²) in [6, 6.07) is 4.10. The van der Waals surface area contributed by atoms with E-state index < -0.39 is 0 Å². The molecule has 1 heterocycles. The number of amidine groups is 1. The Hall–Kier alpha value is -1.66. The van der Waals surface area contributed by atoms with Crippen LogP contribution in [0.15, 0.2) is 23.5 Å². The Morgan fingerprint density at radius 3 is 2.84 bits per heavy atom. The van der Waals surface area contributed by atoms with Gasteiger partial charge in [0, 0.05) is 31.9 Å². The van der Waals surface area contributed by atoms with Crippen molar-refractivity contribution < 1.29 is 10.3 Å². The molecule has 0 fully saturated rings. The van der Waals surface area contributed by atoms with Crippen LogP contribution in [0.25, 0.3) is 0 Å². The quantitative estimate of drug-likeness (QED) is 0.293. The molecule has 1 aromatic rings. The van der Waals surface area contributed by atoms with Gasteiger partial charge < -0.3 is 16.0 Å². The molecule has 19 heavy (non-hydrogen) atoms. The highest BCUT2D eigenvalue weighted by Crippen LogP contribution is 2.09. The van der Waals surface area contributed by atoms with Gasteiger partial charge in [-0.3, -0.25) is 9.88 Å². The number of oxime groups is 1. The van der Waals surface area contributed by atoms with Crippen LogP contribution in [0, 0.1) is 0 Å². The van der Waals surface area contributed by atoms with Crippen LogP contribution in [-0.2, 0) is 6.54 Å². The highest BCUT2D eigenvalue weighted by molar-refractivity contribution is 5.95. The summed E-state index contributed by atoms with van der Waals surface area (Å²) in [6.07, 6.45) is 2.39. The third-order valence-corrected chi connectivity index (χ3v) is 2.91. The molecular formula is C13H22N4O2. The molecule has 0 aromatic carbocycles. The molecule has 106 valence electrons. The van der Waals surface area contributed by atoms with Crippen LogP contribution in [-0.4, -0.2) is 45.2 Å². The molecule has 0 radical (unpaired) electrons. The van der Waals surface area contributed by atoms with Gasteiger partial charge in [0.15, 0.2) is 5.84 Å². The SMILES string of the molecule is CC(C)N(CCCO)Cc1ccnc(C(N)=NO)c1. The van der Waals surface area contributed by atoms with Gasteiger partial charge in [-0.2, -0.15) is 0 Å². The summed E-state index contributed by atoms with van der Waals surface area (Å²) in [5.41, 5.74) is 7.03. The first-order valence-electron chi connectivity index (χ1n) is 6.36. The zero-order chi connectivity index (χ0) is 14.3. The maximum atomic E-state index is 8.92. The zero-order valence-corrected chi connectivity index (χ0v) is 11.5. The Morgan fingerprint density at radius 2 is 2.26 bits per heavy atom. The number of hydrogen-bond acceptors (Lipinski definition) is 5. The number of nitrogens with two attached hydrogens (primary N) is 1. The molecule has 4 N–H and O–H groups in total. The van der Waals surface area contributed by atoms with Crippen molar-refractivity contribution in [1.82, 2.24) is 9.88 Å². The lowest BCUT2D eigenvalue weighted by molar-refractivity contribution is 0.185. The molecule has 0 saturated carbocycles. The smallest absolute Gasteiger partial charge is 0.188 e. The fourth-order valence-electron chi connectivity index (χ4n) is 1.79. The lowest BCUT2D eigenvalue weighted by Crippen LogP contribution is -2.32. The molecule has 0 unspecified atom stereocenters. The summed E-state index contributed by atoms with van der Waals surface area (Å²) in [5.74, 6) is 0.00769. The van der Waals surface area contributed by atoms with E-state index in [9.17, 15) is 0 Å². The predicted molar refractivity (Wildman–Crippen MR) is 74.0 cm³/mol. The maximum absolute atomic E-state index is 8.92. The van der Waals surface area contributed by atoms with Gasteiger partial charge in [0.05, 0.1) is 0 Å². The first-order valence-corrected chi connectivity index (χ1v) is 6.36. The van der Waals surface area contributed by atoms with Gasteiger partial charge in [-0.25, -0.2) is 0 Å². The number of nitrogens with zero attached hydrogens (tertiary/aromatic N) is 3. The second kappa shape index (κ2) is 7.70. The fourth-order valence-corrected chi connectivity index (χ4v) is 1.79. The van der Waals surface area contributed by atoms with E-state index in [-0.39, 0.29) is 12.4 Å². The van der Waals surface area contributed by atoms with Gasteiger partial charge in [0.25, 0.3) is 0 Å². The second-order valence-electron chi connectivity index (χ2n) is 4.68. The van der Waals surface area contributed by atoms with Crippen molar-refractivity contribution >= 4 is 5.84 Å². The van der Waals surface area contributed by atoms with Crippen LogP contribution in [0.1, 0.15) is 31.5 Å². The van der Waals surface area contributed by atoms with Crippen molar-refractivity contribution in [3.63, 3.8) is 0 Å². The minimum absolute atomic E-state index is 0.00769. The lowest BCUT2D eigenvalue weighted by atomic mass is 10.1. The monoisotopic (exact) mass is 266 g/mol. The summed E-state index contributed by atoms with van der Waals surface area (Å²) < 4.78 is 0. The predicted octanol–water partition coefficient (Wildman–Crippen LogP) is 0.769. The first kappa shape index (κ1) is 15.4. The van der Waals surface area contributed by atoms with E-state index in [0.29, 0.717) is 11.7 Å². The van der Waals surface area contributed by atoms with E-state index in [1.54, 1.807) is 6.20 Å². The zero-order valence-electron chi connectivity index (χ0n) is 11.5.